The van der Waals surface area contributed by atoms with Crippen LogP contribution in [0.3, 0.4) is 0 Å². The van der Waals surface area contributed by atoms with Crippen molar-refractivity contribution in [3.05, 3.63) is 29.3 Å². The number of rotatable bonds is 2. The molecule has 0 saturated carbocycles. The van der Waals surface area contributed by atoms with E-state index in [9.17, 15) is 4.79 Å². The lowest BCUT2D eigenvalue weighted by molar-refractivity contribution is 0.0863. The molecule has 0 fully saturated rings. The first kappa shape index (κ1) is 10.8. The Kier molecular flexibility index (Phi) is 2.47. The average molecular weight is 214 g/mol. The number of ether oxygens (including phenoxy) is 1. The van der Waals surface area contributed by atoms with Crippen LogP contribution in [0.1, 0.15) is 29.8 Å². The predicted octanol–water partition coefficient (Wildman–Crippen LogP) is 2.46. The molecule has 2 rings (SSSR count). The maximum Gasteiger partial charge on any atom is 0.169 e. The average Bonchev–Trinajstić information content (AvgIpc) is 2.46. The molecule has 1 aliphatic rings. The lowest BCUT2D eigenvalue weighted by Crippen LogP contribution is -2.18. The maximum atomic E-state index is 12.0. The van der Waals surface area contributed by atoms with E-state index in [4.69, 9.17) is 11.2 Å². The van der Waals surface area contributed by atoms with E-state index in [1.165, 1.54) is 0 Å². The number of carbonyl (C=O) groups excluding carboxylic acids is 1. The minimum Gasteiger partial charge on any atom is -0.481 e. The Morgan fingerprint density at radius 3 is 2.94 bits per heavy atom. The number of hydrogen-bond acceptors (Lipinski definition) is 2. The van der Waals surface area contributed by atoms with Crippen molar-refractivity contribution in [3.63, 3.8) is 0 Å². The van der Waals surface area contributed by atoms with Gasteiger partial charge in [-0.05, 0) is 30.2 Å². The van der Waals surface area contributed by atoms with E-state index in [0.29, 0.717) is 0 Å². The molecule has 0 atom stereocenters. The van der Waals surface area contributed by atoms with Crippen molar-refractivity contribution in [2.45, 2.75) is 20.3 Å². The van der Waals surface area contributed by atoms with Gasteiger partial charge in [-0.15, -0.1) is 6.42 Å². The quantitative estimate of drug-likeness (QED) is 0.707. The van der Waals surface area contributed by atoms with Crippen LogP contribution in [0.25, 0.3) is 0 Å². The molecular weight excluding hydrogens is 200 g/mol. The van der Waals surface area contributed by atoms with E-state index < -0.39 is 0 Å². The molecule has 0 amide bonds. The smallest absolute Gasteiger partial charge is 0.169 e. The fourth-order valence-corrected chi connectivity index (χ4v) is 2.07. The molecule has 0 heterocycles. The van der Waals surface area contributed by atoms with Gasteiger partial charge in [0, 0.05) is 11.0 Å². The van der Waals surface area contributed by atoms with Gasteiger partial charge in [0.2, 0.25) is 0 Å². The number of Topliss-reactive ketones (excluding diaryl/α,β-unsaturated/α-hetero) is 1. The number of fused-ring (bicyclic) bond motifs is 1. The largest absolute Gasteiger partial charge is 0.481 e. The summed E-state index contributed by atoms with van der Waals surface area (Å²) < 4.78 is 5.34. The summed E-state index contributed by atoms with van der Waals surface area (Å²) in [5.74, 6) is 3.37. The predicted molar refractivity (Wildman–Crippen MR) is 62.6 cm³/mol. The molecule has 0 saturated heterocycles. The molecule has 0 N–H and O–H groups in total. The summed E-state index contributed by atoms with van der Waals surface area (Å²) >= 11 is 0. The lowest BCUT2D eigenvalue weighted by atomic mass is 9.89. The zero-order chi connectivity index (χ0) is 11.8. The molecule has 0 radical (unpaired) electrons. The zero-order valence-electron chi connectivity index (χ0n) is 9.54. The number of carbonyl (C=O) groups is 1. The highest BCUT2D eigenvalue weighted by Gasteiger charge is 2.37. The van der Waals surface area contributed by atoms with Gasteiger partial charge in [-0.2, -0.15) is 0 Å². The zero-order valence-corrected chi connectivity index (χ0v) is 9.54. The van der Waals surface area contributed by atoms with Crippen molar-refractivity contribution >= 4 is 5.78 Å². The summed E-state index contributed by atoms with van der Waals surface area (Å²) in [4.78, 5) is 12.0. The van der Waals surface area contributed by atoms with Gasteiger partial charge in [0.15, 0.2) is 5.78 Å². The summed E-state index contributed by atoms with van der Waals surface area (Å²) in [6.45, 7) is 4.20. The van der Waals surface area contributed by atoms with Crippen LogP contribution >= 0.6 is 0 Å². The van der Waals surface area contributed by atoms with Crippen molar-refractivity contribution in [3.8, 4) is 18.1 Å². The third kappa shape index (κ3) is 1.69. The van der Waals surface area contributed by atoms with E-state index in [-0.39, 0.29) is 17.8 Å². The molecule has 2 heteroatoms. The van der Waals surface area contributed by atoms with Crippen LogP contribution in [-0.4, -0.2) is 12.4 Å². The highest BCUT2D eigenvalue weighted by molar-refractivity contribution is 6.04. The molecule has 1 aromatic carbocycles. The Hall–Kier alpha value is -1.75. The Balaban J connectivity index is 2.31. The van der Waals surface area contributed by atoms with Crippen LogP contribution in [0.4, 0.5) is 0 Å². The first-order valence-corrected chi connectivity index (χ1v) is 5.28. The second-order valence-electron chi connectivity index (χ2n) is 4.70. The normalized spacial score (nSPS) is 16.7. The van der Waals surface area contributed by atoms with E-state index >= 15 is 0 Å². The van der Waals surface area contributed by atoms with Gasteiger partial charge in [-0.3, -0.25) is 4.79 Å². The van der Waals surface area contributed by atoms with Gasteiger partial charge in [0.05, 0.1) is 0 Å². The molecule has 0 bridgehead atoms. The van der Waals surface area contributed by atoms with Crippen LogP contribution in [0.15, 0.2) is 18.2 Å². The first-order chi connectivity index (χ1) is 7.54. The van der Waals surface area contributed by atoms with Gasteiger partial charge in [-0.25, -0.2) is 0 Å². The second-order valence-corrected chi connectivity index (χ2v) is 4.70. The summed E-state index contributed by atoms with van der Waals surface area (Å²) in [7, 11) is 0. The van der Waals surface area contributed by atoms with Gasteiger partial charge in [0.25, 0.3) is 0 Å². The first-order valence-electron chi connectivity index (χ1n) is 5.28. The van der Waals surface area contributed by atoms with Crippen molar-refractivity contribution < 1.29 is 9.53 Å². The van der Waals surface area contributed by atoms with Crippen LogP contribution in [0, 0.1) is 17.8 Å². The molecule has 2 nitrogen and oxygen atoms in total. The van der Waals surface area contributed by atoms with Gasteiger partial charge in [0.1, 0.15) is 12.4 Å². The second kappa shape index (κ2) is 3.68. The molecule has 0 aromatic heterocycles. The highest BCUT2D eigenvalue weighted by Crippen LogP contribution is 2.37. The standard InChI is InChI=1S/C14H14O2/c1-4-7-16-11-5-6-12-10(8-11)9-14(2,3)13(12)15/h1,5-6,8H,7,9H2,2-3H3. The molecule has 82 valence electrons. The molecule has 0 spiro atoms. The SMILES string of the molecule is C#CCOc1ccc2c(c1)CC(C)(C)C2=O. The monoisotopic (exact) mass is 214 g/mol. The van der Waals surface area contributed by atoms with E-state index in [1.807, 2.05) is 26.0 Å². The van der Waals surface area contributed by atoms with Crippen LogP contribution < -0.4 is 4.74 Å². The highest BCUT2D eigenvalue weighted by atomic mass is 16.5. The molecular formula is C14H14O2. The fourth-order valence-electron chi connectivity index (χ4n) is 2.07. The van der Waals surface area contributed by atoms with Crippen LogP contribution in [0.5, 0.6) is 5.75 Å². The number of hydrogen-bond donors (Lipinski definition) is 0. The van der Waals surface area contributed by atoms with Crippen molar-refractivity contribution in [1.82, 2.24) is 0 Å². The number of terminal acetylenes is 1. The molecule has 0 aliphatic heterocycles. The van der Waals surface area contributed by atoms with Crippen molar-refractivity contribution in [2.24, 2.45) is 5.41 Å². The molecule has 1 aromatic rings. The summed E-state index contributed by atoms with van der Waals surface area (Å²) in [6, 6.07) is 5.55. The van der Waals surface area contributed by atoms with E-state index in [1.54, 1.807) is 6.07 Å². The number of ketones is 1. The lowest BCUT2D eigenvalue weighted by Gasteiger charge is -2.12. The van der Waals surface area contributed by atoms with Crippen molar-refractivity contribution in [2.75, 3.05) is 6.61 Å². The van der Waals surface area contributed by atoms with E-state index in [2.05, 4.69) is 5.92 Å². The Morgan fingerprint density at radius 1 is 1.50 bits per heavy atom. The van der Waals surface area contributed by atoms with Gasteiger partial charge < -0.3 is 4.74 Å². The third-order valence-electron chi connectivity index (χ3n) is 2.89. The third-order valence-corrected chi connectivity index (χ3v) is 2.89. The number of benzene rings is 1. The van der Waals surface area contributed by atoms with Crippen LogP contribution in [-0.2, 0) is 6.42 Å². The maximum absolute atomic E-state index is 12.0. The molecule has 0 unspecified atom stereocenters. The minimum absolute atomic E-state index is 0.214. The Labute approximate surface area is 95.6 Å². The fraction of sp³-hybridized carbons (Fsp3) is 0.357. The van der Waals surface area contributed by atoms with Crippen LogP contribution in [0.2, 0.25) is 0 Å². The summed E-state index contributed by atoms with van der Waals surface area (Å²) in [5, 5.41) is 0. The Bertz CT molecular complexity index is 478. The van der Waals surface area contributed by atoms with Crippen molar-refractivity contribution in [1.29, 1.82) is 0 Å². The van der Waals surface area contributed by atoms with Gasteiger partial charge in [-0.1, -0.05) is 19.8 Å². The molecule has 1 aliphatic carbocycles. The topological polar surface area (TPSA) is 26.3 Å². The summed E-state index contributed by atoms with van der Waals surface area (Å²) in [5.41, 5.74) is 1.59. The minimum atomic E-state index is -0.285. The van der Waals surface area contributed by atoms with E-state index in [0.717, 1.165) is 23.3 Å². The Morgan fingerprint density at radius 2 is 2.25 bits per heavy atom. The molecule has 16 heavy (non-hydrogen) atoms. The van der Waals surface area contributed by atoms with Gasteiger partial charge >= 0.3 is 0 Å². The summed E-state index contributed by atoms with van der Waals surface area (Å²) in [6.07, 6.45) is 5.90.